The van der Waals surface area contributed by atoms with Crippen LogP contribution in [0.3, 0.4) is 0 Å². The van der Waals surface area contributed by atoms with E-state index in [2.05, 4.69) is 27.7 Å². The van der Waals surface area contributed by atoms with Crippen LogP contribution in [0.25, 0.3) is 0 Å². The average molecular weight is 487 g/mol. The van der Waals surface area contributed by atoms with Gasteiger partial charge in [0.2, 0.25) is 0 Å². The van der Waals surface area contributed by atoms with Crippen LogP contribution in [0.2, 0.25) is 0 Å². The molecule has 0 radical (unpaired) electrons. The Labute approximate surface area is 209 Å². The lowest BCUT2D eigenvalue weighted by atomic mass is 9.93. The molecule has 0 aliphatic heterocycles. The van der Waals surface area contributed by atoms with Gasteiger partial charge in [-0.25, -0.2) is 9.59 Å². The minimum Gasteiger partial charge on any atom is -0.298 e. The van der Waals surface area contributed by atoms with Gasteiger partial charge in [0, 0.05) is 0 Å². The zero-order valence-corrected chi connectivity index (χ0v) is 23.8. The van der Waals surface area contributed by atoms with E-state index >= 15 is 0 Å². The number of hydrogen-bond donors (Lipinski definition) is 0. The van der Waals surface area contributed by atoms with Gasteiger partial charge in [0.1, 0.15) is 11.2 Å². The second-order valence-corrected chi connectivity index (χ2v) is 11.4. The van der Waals surface area contributed by atoms with E-state index in [0.717, 1.165) is 51.4 Å². The summed E-state index contributed by atoms with van der Waals surface area (Å²) in [5.74, 6) is 0.315. The monoisotopic (exact) mass is 486 g/mol. The largest absolute Gasteiger partial charge is 0.345 e. The van der Waals surface area contributed by atoms with E-state index in [0.29, 0.717) is 24.7 Å². The molecule has 0 aromatic rings. The van der Waals surface area contributed by atoms with Gasteiger partial charge in [0.15, 0.2) is 0 Å². The molecule has 0 amide bonds. The normalized spacial score (nSPS) is 15.9. The first-order valence-electron chi connectivity index (χ1n) is 13.6. The SMILES string of the molecule is CCC(C)CCC(CC)C(=O)OOC(C)(C)CCC(C)(C)OOC(=O)C(CC)CCC(C)CC. The molecule has 6 heteroatoms. The smallest absolute Gasteiger partial charge is 0.298 e. The summed E-state index contributed by atoms with van der Waals surface area (Å²) < 4.78 is 0. The van der Waals surface area contributed by atoms with Crippen LogP contribution in [-0.2, 0) is 29.1 Å². The third-order valence-corrected chi connectivity index (χ3v) is 7.09. The van der Waals surface area contributed by atoms with Crippen molar-refractivity contribution < 1.29 is 29.1 Å². The molecule has 4 unspecified atom stereocenters. The zero-order valence-electron chi connectivity index (χ0n) is 23.8. The fraction of sp³-hybridized carbons (Fsp3) is 0.929. The van der Waals surface area contributed by atoms with E-state index in [-0.39, 0.29) is 23.8 Å². The summed E-state index contributed by atoms with van der Waals surface area (Å²) in [4.78, 5) is 46.5. The third kappa shape index (κ3) is 14.3. The van der Waals surface area contributed by atoms with E-state index < -0.39 is 11.2 Å². The van der Waals surface area contributed by atoms with Gasteiger partial charge in [-0.05, 0) is 90.9 Å². The zero-order chi connectivity index (χ0) is 26.4. The van der Waals surface area contributed by atoms with Gasteiger partial charge in [0.05, 0.1) is 11.8 Å². The summed E-state index contributed by atoms with van der Waals surface area (Å²) in [5.41, 5.74) is -1.37. The van der Waals surface area contributed by atoms with Crippen molar-refractivity contribution in [3.63, 3.8) is 0 Å². The Morgan fingerprint density at radius 2 is 0.912 bits per heavy atom. The summed E-state index contributed by atoms with van der Waals surface area (Å²) in [6.07, 6.45) is 8.48. The van der Waals surface area contributed by atoms with Crippen LogP contribution in [0.15, 0.2) is 0 Å². The maximum absolute atomic E-state index is 12.5. The van der Waals surface area contributed by atoms with Gasteiger partial charge in [-0.15, -0.1) is 0 Å². The molecule has 0 bridgehead atoms. The molecule has 0 heterocycles. The molecular weight excluding hydrogens is 432 g/mol. The van der Waals surface area contributed by atoms with Crippen molar-refractivity contribution in [1.82, 2.24) is 0 Å². The molecule has 0 aromatic heterocycles. The molecule has 0 aromatic carbocycles. The van der Waals surface area contributed by atoms with Gasteiger partial charge in [-0.2, -0.15) is 9.78 Å². The molecule has 0 rings (SSSR count). The van der Waals surface area contributed by atoms with E-state index in [4.69, 9.17) is 19.6 Å². The van der Waals surface area contributed by atoms with E-state index in [1.807, 2.05) is 41.5 Å². The van der Waals surface area contributed by atoms with Gasteiger partial charge >= 0.3 is 11.9 Å². The molecule has 6 nitrogen and oxygen atoms in total. The summed E-state index contributed by atoms with van der Waals surface area (Å²) in [5, 5.41) is 0. The highest BCUT2D eigenvalue weighted by molar-refractivity contribution is 5.72. The predicted molar refractivity (Wildman–Crippen MR) is 137 cm³/mol. The fourth-order valence-electron chi connectivity index (χ4n) is 3.49. The maximum atomic E-state index is 12.5. The molecule has 0 aliphatic rings. The van der Waals surface area contributed by atoms with Crippen molar-refractivity contribution in [1.29, 1.82) is 0 Å². The molecule has 4 atom stereocenters. The van der Waals surface area contributed by atoms with E-state index in [1.54, 1.807) is 0 Å². The summed E-state index contributed by atoms with van der Waals surface area (Å²) in [7, 11) is 0. The van der Waals surface area contributed by atoms with Crippen LogP contribution in [0, 0.1) is 23.7 Å². The third-order valence-electron chi connectivity index (χ3n) is 7.09. The highest BCUT2D eigenvalue weighted by Gasteiger charge is 2.31. The van der Waals surface area contributed by atoms with Gasteiger partial charge in [-0.1, -0.05) is 54.4 Å². The number of carbonyl (C=O) groups excluding carboxylic acids is 2. The van der Waals surface area contributed by atoms with Crippen molar-refractivity contribution >= 4 is 11.9 Å². The van der Waals surface area contributed by atoms with Gasteiger partial charge in [-0.3, -0.25) is 9.78 Å². The minimum atomic E-state index is -0.683. The molecule has 0 saturated carbocycles. The van der Waals surface area contributed by atoms with E-state index in [9.17, 15) is 9.59 Å². The topological polar surface area (TPSA) is 71.1 Å². The average Bonchev–Trinajstić information content (AvgIpc) is 2.80. The summed E-state index contributed by atoms with van der Waals surface area (Å²) in [6.45, 7) is 20.3. The number of rotatable bonds is 19. The van der Waals surface area contributed by atoms with Gasteiger partial charge < -0.3 is 0 Å². The highest BCUT2D eigenvalue weighted by Crippen LogP contribution is 2.27. The van der Waals surface area contributed by atoms with Crippen molar-refractivity contribution in [2.45, 2.75) is 145 Å². The lowest BCUT2D eigenvalue weighted by Gasteiger charge is -2.29. The fourth-order valence-corrected chi connectivity index (χ4v) is 3.49. The Morgan fingerprint density at radius 1 is 0.588 bits per heavy atom. The molecule has 0 spiro atoms. The second kappa shape index (κ2) is 16.5. The molecule has 0 saturated heterocycles. The van der Waals surface area contributed by atoms with Crippen LogP contribution in [0.4, 0.5) is 0 Å². The highest BCUT2D eigenvalue weighted by atomic mass is 17.2. The first-order chi connectivity index (χ1) is 15.8. The molecule has 0 aliphatic carbocycles. The minimum absolute atomic E-state index is 0.143. The summed E-state index contributed by atoms with van der Waals surface area (Å²) in [6, 6.07) is 0. The molecule has 202 valence electrons. The van der Waals surface area contributed by atoms with Crippen molar-refractivity contribution in [2.24, 2.45) is 23.7 Å². The number of hydrogen-bond acceptors (Lipinski definition) is 6. The van der Waals surface area contributed by atoms with Crippen molar-refractivity contribution in [2.75, 3.05) is 0 Å². The van der Waals surface area contributed by atoms with Crippen LogP contribution in [-0.4, -0.2) is 23.1 Å². The Morgan fingerprint density at radius 3 is 1.18 bits per heavy atom. The van der Waals surface area contributed by atoms with Gasteiger partial charge in [0.25, 0.3) is 0 Å². The lowest BCUT2D eigenvalue weighted by Crippen LogP contribution is -2.34. The van der Waals surface area contributed by atoms with E-state index in [1.165, 1.54) is 0 Å². The Bertz CT molecular complexity index is 521. The first-order valence-corrected chi connectivity index (χ1v) is 13.6. The maximum Gasteiger partial charge on any atom is 0.345 e. The molecular formula is C28H54O6. The van der Waals surface area contributed by atoms with Crippen LogP contribution >= 0.6 is 0 Å². The van der Waals surface area contributed by atoms with Crippen LogP contribution in [0.5, 0.6) is 0 Å². The number of carbonyl (C=O) groups is 2. The van der Waals surface area contributed by atoms with Crippen molar-refractivity contribution in [3.8, 4) is 0 Å². The van der Waals surface area contributed by atoms with Crippen molar-refractivity contribution in [3.05, 3.63) is 0 Å². The molecule has 0 N–H and O–H groups in total. The molecule has 34 heavy (non-hydrogen) atoms. The summed E-state index contributed by atoms with van der Waals surface area (Å²) >= 11 is 0. The quantitative estimate of drug-likeness (QED) is 0.136. The predicted octanol–water partition coefficient (Wildman–Crippen LogP) is 7.98. The van der Waals surface area contributed by atoms with Crippen LogP contribution in [0.1, 0.15) is 133 Å². The first kappa shape index (κ1) is 32.9. The Balaban J connectivity index is 4.55. The Kier molecular flexibility index (Phi) is 16.0. The molecule has 0 fully saturated rings. The Hall–Kier alpha value is -1.14. The van der Waals surface area contributed by atoms with Crippen LogP contribution < -0.4 is 0 Å². The standard InChI is InChI=1S/C28H54O6/c1-11-21(5)15-17-23(13-3)25(29)31-33-27(7,8)19-20-28(9,10)34-32-26(30)24(14-4)18-16-22(6)12-2/h21-24H,11-20H2,1-10H3. The lowest BCUT2D eigenvalue weighted by molar-refractivity contribution is -0.343. The second-order valence-electron chi connectivity index (χ2n) is 11.4.